The first-order chi connectivity index (χ1) is 9.41. The van der Waals surface area contributed by atoms with Crippen LogP contribution in [0.15, 0.2) is 42.5 Å². The Bertz CT molecular complexity index is 646. The summed E-state index contributed by atoms with van der Waals surface area (Å²) < 4.78 is 5.67. The van der Waals surface area contributed by atoms with Crippen LogP contribution in [0.25, 0.3) is 0 Å². The van der Waals surface area contributed by atoms with Crippen molar-refractivity contribution in [3.63, 3.8) is 0 Å². The number of phenolic OH excluding ortho intramolecular Hbond substituents is 1. The van der Waals surface area contributed by atoms with E-state index in [1.807, 2.05) is 30.3 Å². The lowest BCUT2D eigenvalue weighted by atomic mass is 9.87. The molecule has 0 aromatic heterocycles. The van der Waals surface area contributed by atoms with Gasteiger partial charge >= 0.3 is 0 Å². The summed E-state index contributed by atoms with van der Waals surface area (Å²) in [7, 11) is 0. The normalized spacial score (nSPS) is 10.9. The van der Waals surface area contributed by atoms with Crippen molar-refractivity contribution in [3.8, 4) is 23.3 Å². The number of benzene rings is 2. The molecule has 2 aromatic rings. The van der Waals surface area contributed by atoms with Gasteiger partial charge < -0.3 is 9.84 Å². The standard InChI is InChI=1S/C17H17NO2/c1-17(2,3)12-7-9-13(10-8-12)20-16-6-4-5-15(19)14(16)11-18/h4-10,19H,1-3H3. The van der Waals surface area contributed by atoms with Crippen LogP contribution >= 0.6 is 0 Å². The average molecular weight is 267 g/mol. The van der Waals surface area contributed by atoms with Crippen molar-refractivity contribution in [1.29, 1.82) is 5.26 Å². The maximum atomic E-state index is 9.62. The van der Waals surface area contributed by atoms with E-state index >= 15 is 0 Å². The summed E-state index contributed by atoms with van der Waals surface area (Å²) in [5.74, 6) is 0.924. The van der Waals surface area contributed by atoms with Gasteiger partial charge in [0.15, 0.2) is 0 Å². The van der Waals surface area contributed by atoms with E-state index in [2.05, 4.69) is 20.8 Å². The lowest BCUT2D eigenvalue weighted by Crippen LogP contribution is -2.10. The number of phenols is 1. The van der Waals surface area contributed by atoms with Gasteiger partial charge in [-0.25, -0.2) is 0 Å². The van der Waals surface area contributed by atoms with Gasteiger partial charge in [-0.05, 0) is 35.2 Å². The lowest BCUT2D eigenvalue weighted by molar-refractivity contribution is 0.452. The smallest absolute Gasteiger partial charge is 0.148 e. The van der Waals surface area contributed by atoms with E-state index in [4.69, 9.17) is 10.00 Å². The zero-order valence-corrected chi connectivity index (χ0v) is 11.8. The molecule has 0 aliphatic heterocycles. The van der Waals surface area contributed by atoms with Crippen LogP contribution in [0.1, 0.15) is 31.9 Å². The maximum absolute atomic E-state index is 9.62. The van der Waals surface area contributed by atoms with Crippen LogP contribution in [-0.2, 0) is 5.41 Å². The second-order valence-electron chi connectivity index (χ2n) is 5.64. The van der Waals surface area contributed by atoms with Gasteiger partial charge in [0.25, 0.3) is 0 Å². The highest BCUT2D eigenvalue weighted by Gasteiger charge is 2.14. The summed E-state index contributed by atoms with van der Waals surface area (Å²) in [6.45, 7) is 6.43. The number of ether oxygens (including phenoxy) is 1. The fourth-order valence-corrected chi connectivity index (χ4v) is 1.87. The molecule has 0 bridgehead atoms. The number of aromatic hydroxyl groups is 1. The lowest BCUT2D eigenvalue weighted by Gasteiger charge is -2.19. The summed E-state index contributed by atoms with van der Waals surface area (Å²) in [5.41, 5.74) is 1.44. The predicted octanol–water partition coefficient (Wildman–Crippen LogP) is 4.35. The highest BCUT2D eigenvalue weighted by atomic mass is 16.5. The Labute approximate surface area is 119 Å². The molecule has 1 N–H and O–H groups in total. The van der Waals surface area contributed by atoms with Gasteiger partial charge in [-0.2, -0.15) is 5.26 Å². The predicted molar refractivity (Wildman–Crippen MR) is 78.0 cm³/mol. The van der Waals surface area contributed by atoms with Crippen molar-refractivity contribution in [2.75, 3.05) is 0 Å². The number of hydrogen-bond acceptors (Lipinski definition) is 3. The van der Waals surface area contributed by atoms with Crippen molar-refractivity contribution in [1.82, 2.24) is 0 Å². The molecule has 102 valence electrons. The molecule has 2 aromatic carbocycles. The fraction of sp³-hybridized carbons (Fsp3) is 0.235. The van der Waals surface area contributed by atoms with Gasteiger partial charge in [-0.1, -0.05) is 39.0 Å². The topological polar surface area (TPSA) is 53.2 Å². The molecular weight excluding hydrogens is 250 g/mol. The Morgan fingerprint density at radius 1 is 1.05 bits per heavy atom. The molecule has 0 heterocycles. The molecule has 0 spiro atoms. The Kier molecular flexibility index (Phi) is 3.67. The van der Waals surface area contributed by atoms with Crippen LogP contribution in [0, 0.1) is 11.3 Å². The van der Waals surface area contributed by atoms with Crippen molar-refractivity contribution in [3.05, 3.63) is 53.6 Å². The summed E-state index contributed by atoms with van der Waals surface area (Å²) >= 11 is 0. The quantitative estimate of drug-likeness (QED) is 0.879. The van der Waals surface area contributed by atoms with Crippen LogP contribution in [0.4, 0.5) is 0 Å². The first kappa shape index (κ1) is 14.0. The highest BCUT2D eigenvalue weighted by Crippen LogP contribution is 2.31. The number of rotatable bonds is 2. The van der Waals surface area contributed by atoms with E-state index in [9.17, 15) is 5.11 Å². The largest absolute Gasteiger partial charge is 0.506 e. The molecular formula is C17H17NO2. The molecule has 0 saturated heterocycles. The van der Waals surface area contributed by atoms with Gasteiger partial charge in [-0.15, -0.1) is 0 Å². The van der Waals surface area contributed by atoms with E-state index in [-0.39, 0.29) is 16.7 Å². The minimum absolute atomic E-state index is 0.0729. The Hall–Kier alpha value is -2.47. The SMILES string of the molecule is CC(C)(C)c1ccc(Oc2cccc(O)c2C#N)cc1. The molecule has 3 nitrogen and oxygen atoms in total. The summed E-state index contributed by atoms with van der Waals surface area (Å²) in [4.78, 5) is 0. The summed E-state index contributed by atoms with van der Waals surface area (Å²) in [6, 6.07) is 14.5. The van der Waals surface area contributed by atoms with E-state index < -0.39 is 0 Å². The Morgan fingerprint density at radius 2 is 1.70 bits per heavy atom. The molecule has 0 fully saturated rings. The molecule has 0 unspecified atom stereocenters. The van der Waals surface area contributed by atoms with Crippen molar-refractivity contribution >= 4 is 0 Å². The zero-order chi connectivity index (χ0) is 14.8. The van der Waals surface area contributed by atoms with Gasteiger partial charge in [-0.3, -0.25) is 0 Å². The van der Waals surface area contributed by atoms with E-state index in [1.54, 1.807) is 12.1 Å². The molecule has 0 aliphatic rings. The van der Waals surface area contributed by atoms with E-state index in [0.29, 0.717) is 11.5 Å². The second kappa shape index (κ2) is 5.26. The monoisotopic (exact) mass is 267 g/mol. The van der Waals surface area contributed by atoms with Gasteiger partial charge in [0, 0.05) is 0 Å². The zero-order valence-electron chi connectivity index (χ0n) is 11.8. The van der Waals surface area contributed by atoms with Crippen LogP contribution in [0.5, 0.6) is 17.2 Å². The molecule has 0 saturated carbocycles. The van der Waals surface area contributed by atoms with Crippen LogP contribution in [0.2, 0.25) is 0 Å². The summed E-state index contributed by atoms with van der Waals surface area (Å²) in [5, 5.41) is 18.7. The molecule has 20 heavy (non-hydrogen) atoms. The highest BCUT2D eigenvalue weighted by molar-refractivity contribution is 5.53. The third-order valence-corrected chi connectivity index (χ3v) is 3.06. The Morgan fingerprint density at radius 3 is 2.25 bits per heavy atom. The van der Waals surface area contributed by atoms with Crippen molar-refractivity contribution < 1.29 is 9.84 Å². The van der Waals surface area contributed by atoms with E-state index in [1.165, 1.54) is 11.6 Å². The first-order valence-corrected chi connectivity index (χ1v) is 6.42. The van der Waals surface area contributed by atoms with Gasteiger partial charge in [0.1, 0.15) is 28.9 Å². The number of nitriles is 1. The second-order valence-corrected chi connectivity index (χ2v) is 5.64. The first-order valence-electron chi connectivity index (χ1n) is 6.42. The molecule has 2 rings (SSSR count). The van der Waals surface area contributed by atoms with Crippen molar-refractivity contribution in [2.45, 2.75) is 26.2 Å². The minimum atomic E-state index is -0.0729. The third-order valence-electron chi connectivity index (χ3n) is 3.06. The number of hydrogen-bond donors (Lipinski definition) is 1. The summed E-state index contributed by atoms with van der Waals surface area (Å²) in [6.07, 6.45) is 0. The third kappa shape index (κ3) is 2.92. The van der Waals surface area contributed by atoms with E-state index in [0.717, 1.165) is 0 Å². The molecule has 0 amide bonds. The number of nitrogens with zero attached hydrogens (tertiary/aromatic N) is 1. The van der Waals surface area contributed by atoms with Crippen LogP contribution in [-0.4, -0.2) is 5.11 Å². The maximum Gasteiger partial charge on any atom is 0.148 e. The Balaban J connectivity index is 2.28. The van der Waals surface area contributed by atoms with Crippen molar-refractivity contribution in [2.24, 2.45) is 0 Å². The molecule has 3 heteroatoms. The minimum Gasteiger partial charge on any atom is -0.506 e. The fourth-order valence-electron chi connectivity index (χ4n) is 1.87. The van der Waals surface area contributed by atoms with Crippen LogP contribution < -0.4 is 4.74 Å². The van der Waals surface area contributed by atoms with Gasteiger partial charge in [0.05, 0.1) is 0 Å². The van der Waals surface area contributed by atoms with Crippen LogP contribution in [0.3, 0.4) is 0 Å². The van der Waals surface area contributed by atoms with Gasteiger partial charge in [0.2, 0.25) is 0 Å². The average Bonchev–Trinajstić information content (AvgIpc) is 2.38. The molecule has 0 atom stereocenters. The molecule has 0 radical (unpaired) electrons. The molecule has 0 aliphatic carbocycles.